The van der Waals surface area contributed by atoms with Crippen LogP contribution in [0.2, 0.25) is 0 Å². The molecule has 0 unspecified atom stereocenters. The van der Waals surface area contributed by atoms with Gasteiger partial charge in [-0.25, -0.2) is 0 Å². The van der Waals surface area contributed by atoms with Crippen LogP contribution in [-0.4, -0.2) is 46.2 Å². The maximum absolute atomic E-state index is 12.1. The van der Waals surface area contributed by atoms with Gasteiger partial charge >= 0.3 is 0 Å². The number of carbonyl (C=O) groups excluding carboxylic acids is 1. The molecule has 8 heteroatoms. The van der Waals surface area contributed by atoms with E-state index in [1.54, 1.807) is 27.3 Å². The Morgan fingerprint density at radius 2 is 1.69 bits per heavy atom. The van der Waals surface area contributed by atoms with Gasteiger partial charge in [0.2, 0.25) is 0 Å². The molecule has 0 aromatic heterocycles. The molecule has 0 fully saturated rings. The van der Waals surface area contributed by atoms with Gasteiger partial charge in [0, 0.05) is 32.2 Å². The molecule has 3 N–H and O–H groups in total. The van der Waals surface area contributed by atoms with Crippen LogP contribution in [0.25, 0.3) is 0 Å². The van der Waals surface area contributed by atoms with Crippen molar-refractivity contribution in [3.8, 4) is 11.5 Å². The number of carbonyl (C=O) groups is 1. The van der Waals surface area contributed by atoms with Crippen molar-refractivity contribution in [2.45, 2.75) is 13.5 Å². The number of hydrogen-bond donors (Lipinski definition) is 3. The third-order valence-electron chi connectivity index (χ3n) is 4.11. The highest BCUT2D eigenvalue weighted by Crippen LogP contribution is 2.27. The molecular weight excluding hydrogens is 483 g/mol. The predicted molar refractivity (Wildman–Crippen MR) is 127 cm³/mol. The highest BCUT2D eigenvalue weighted by Gasteiger charge is 2.06. The van der Waals surface area contributed by atoms with Gasteiger partial charge in [0.1, 0.15) is 0 Å². The molecule has 7 nitrogen and oxygen atoms in total. The molecule has 0 saturated heterocycles. The molecule has 2 aromatic carbocycles. The number of nitrogens with zero attached hydrogens (tertiary/aromatic N) is 1. The first-order valence-electron chi connectivity index (χ1n) is 9.07. The summed E-state index contributed by atoms with van der Waals surface area (Å²) in [4.78, 5) is 16.3. The first-order valence-corrected chi connectivity index (χ1v) is 9.07. The molecule has 0 aliphatic rings. The maximum Gasteiger partial charge on any atom is 0.251 e. The highest BCUT2D eigenvalue weighted by molar-refractivity contribution is 14.0. The Kier molecular flexibility index (Phi) is 10.9. The van der Waals surface area contributed by atoms with E-state index in [0.717, 1.165) is 11.1 Å². The van der Waals surface area contributed by atoms with E-state index in [1.165, 1.54) is 0 Å². The van der Waals surface area contributed by atoms with E-state index < -0.39 is 0 Å². The van der Waals surface area contributed by atoms with Crippen LogP contribution in [0, 0.1) is 6.92 Å². The summed E-state index contributed by atoms with van der Waals surface area (Å²) in [5, 5.41) is 9.30. The molecule has 0 atom stereocenters. The quantitative estimate of drug-likeness (QED) is 0.219. The summed E-state index contributed by atoms with van der Waals surface area (Å²) in [5.41, 5.74) is 2.76. The fourth-order valence-electron chi connectivity index (χ4n) is 2.64. The van der Waals surface area contributed by atoms with Crippen molar-refractivity contribution >= 4 is 35.8 Å². The molecule has 0 spiro atoms. The number of methoxy groups -OCH3 is 2. The second-order valence-corrected chi connectivity index (χ2v) is 6.17. The van der Waals surface area contributed by atoms with Gasteiger partial charge in [0.15, 0.2) is 17.5 Å². The van der Waals surface area contributed by atoms with Crippen molar-refractivity contribution in [3.63, 3.8) is 0 Å². The van der Waals surface area contributed by atoms with E-state index in [2.05, 4.69) is 20.9 Å². The topological polar surface area (TPSA) is 84.0 Å². The van der Waals surface area contributed by atoms with Crippen LogP contribution >= 0.6 is 24.0 Å². The van der Waals surface area contributed by atoms with Gasteiger partial charge in [0.25, 0.3) is 5.91 Å². The predicted octanol–water partition coefficient (Wildman–Crippen LogP) is 2.73. The number of guanidine groups is 1. The van der Waals surface area contributed by atoms with Crippen LogP contribution in [-0.2, 0) is 6.54 Å². The number of ether oxygens (including phenoxy) is 2. The van der Waals surface area contributed by atoms with E-state index in [1.807, 2.05) is 43.3 Å². The van der Waals surface area contributed by atoms with Crippen LogP contribution in [0.15, 0.2) is 47.5 Å². The van der Waals surface area contributed by atoms with Crippen LogP contribution in [0.4, 0.5) is 0 Å². The summed E-state index contributed by atoms with van der Waals surface area (Å²) in [7, 11) is 4.93. The van der Waals surface area contributed by atoms with Crippen molar-refractivity contribution in [3.05, 3.63) is 59.2 Å². The second-order valence-electron chi connectivity index (χ2n) is 6.17. The van der Waals surface area contributed by atoms with Gasteiger partial charge in [-0.15, -0.1) is 24.0 Å². The smallest absolute Gasteiger partial charge is 0.251 e. The molecule has 0 aliphatic heterocycles. The summed E-state index contributed by atoms with van der Waals surface area (Å²) in [6.45, 7) is 3.59. The third-order valence-corrected chi connectivity index (χ3v) is 4.11. The Morgan fingerprint density at radius 1 is 0.966 bits per heavy atom. The minimum atomic E-state index is -0.0845. The zero-order valence-electron chi connectivity index (χ0n) is 17.2. The van der Waals surface area contributed by atoms with E-state index in [4.69, 9.17) is 9.47 Å². The Hall–Kier alpha value is -2.49. The zero-order chi connectivity index (χ0) is 20.4. The first kappa shape index (κ1) is 24.5. The first-order chi connectivity index (χ1) is 13.6. The lowest BCUT2D eigenvalue weighted by molar-refractivity contribution is 0.0954. The lowest BCUT2D eigenvalue weighted by Gasteiger charge is -2.14. The van der Waals surface area contributed by atoms with Gasteiger partial charge < -0.3 is 25.4 Å². The van der Waals surface area contributed by atoms with Gasteiger partial charge in [-0.3, -0.25) is 9.79 Å². The van der Waals surface area contributed by atoms with Crippen molar-refractivity contribution in [1.82, 2.24) is 16.0 Å². The third kappa shape index (κ3) is 7.80. The average Bonchev–Trinajstić information content (AvgIpc) is 2.72. The summed E-state index contributed by atoms with van der Waals surface area (Å²) >= 11 is 0. The number of amides is 1. The molecule has 0 radical (unpaired) electrons. The fraction of sp³-hybridized carbons (Fsp3) is 0.333. The number of hydrogen-bond acceptors (Lipinski definition) is 4. The molecular formula is C21H29IN4O3. The summed E-state index contributed by atoms with van der Waals surface area (Å²) in [6.07, 6.45) is 0. The molecule has 0 bridgehead atoms. The summed E-state index contributed by atoms with van der Waals surface area (Å²) in [6, 6.07) is 13.3. The zero-order valence-corrected chi connectivity index (χ0v) is 19.6. The molecule has 0 heterocycles. The van der Waals surface area contributed by atoms with Crippen LogP contribution < -0.4 is 25.4 Å². The molecule has 2 aromatic rings. The molecule has 29 heavy (non-hydrogen) atoms. The number of halogens is 1. The Morgan fingerprint density at radius 3 is 2.34 bits per heavy atom. The van der Waals surface area contributed by atoms with E-state index >= 15 is 0 Å². The Bertz CT molecular complexity index is 827. The van der Waals surface area contributed by atoms with Crippen LogP contribution in [0.3, 0.4) is 0 Å². The largest absolute Gasteiger partial charge is 0.493 e. The Balaban J connectivity index is 0.00000420. The molecule has 0 aliphatic carbocycles. The normalized spacial score (nSPS) is 10.6. The molecule has 1 amide bonds. The van der Waals surface area contributed by atoms with Gasteiger partial charge in [0.05, 0.1) is 14.2 Å². The number of benzene rings is 2. The molecule has 0 saturated carbocycles. The molecule has 158 valence electrons. The van der Waals surface area contributed by atoms with Crippen LogP contribution in [0.1, 0.15) is 21.5 Å². The molecule has 2 rings (SSSR count). The van der Waals surface area contributed by atoms with E-state index in [0.29, 0.717) is 42.7 Å². The van der Waals surface area contributed by atoms with E-state index in [-0.39, 0.29) is 29.9 Å². The minimum Gasteiger partial charge on any atom is -0.493 e. The van der Waals surface area contributed by atoms with Gasteiger partial charge in [-0.05, 0) is 36.8 Å². The fourth-order valence-corrected chi connectivity index (χ4v) is 2.64. The number of rotatable bonds is 8. The van der Waals surface area contributed by atoms with E-state index in [9.17, 15) is 4.79 Å². The van der Waals surface area contributed by atoms with Gasteiger partial charge in [-0.2, -0.15) is 0 Å². The minimum absolute atomic E-state index is 0. The summed E-state index contributed by atoms with van der Waals surface area (Å²) < 4.78 is 10.6. The van der Waals surface area contributed by atoms with Gasteiger partial charge in [-0.1, -0.05) is 23.8 Å². The summed E-state index contributed by atoms with van der Waals surface area (Å²) in [5.74, 6) is 1.94. The van der Waals surface area contributed by atoms with Crippen LogP contribution in [0.5, 0.6) is 11.5 Å². The number of nitrogens with one attached hydrogen (secondary N) is 3. The number of aryl methyl sites for hydroxylation is 1. The Labute approximate surface area is 189 Å². The average molecular weight is 512 g/mol. The van der Waals surface area contributed by atoms with Crippen molar-refractivity contribution in [2.75, 3.05) is 34.4 Å². The van der Waals surface area contributed by atoms with Crippen molar-refractivity contribution in [1.29, 1.82) is 0 Å². The standard InChI is InChI=1S/C21H28N4O3.HI/c1-15-6-5-7-17(12-15)20(26)23-10-11-24-21(22-2)25-14-16-8-9-18(27-3)19(13-16)28-4;/h5-9,12-13H,10-11,14H2,1-4H3,(H,23,26)(H2,22,24,25);1H. The van der Waals surface area contributed by atoms with Crippen molar-refractivity contribution < 1.29 is 14.3 Å². The lowest BCUT2D eigenvalue weighted by atomic mass is 10.1. The SMILES string of the molecule is CN=C(NCCNC(=O)c1cccc(C)c1)NCc1ccc(OC)c(OC)c1.I. The number of aliphatic imine (C=N–C) groups is 1. The second kappa shape index (κ2) is 12.9. The van der Waals surface area contributed by atoms with Crippen molar-refractivity contribution in [2.24, 2.45) is 4.99 Å². The highest BCUT2D eigenvalue weighted by atomic mass is 127. The monoisotopic (exact) mass is 512 g/mol. The lowest BCUT2D eigenvalue weighted by Crippen LogP contribution is -2.41. The maximum atomic E-state index is 12.1.